The highest BCUT2D eigenvalue weighted by Crippen LogP contribution is 2.22. The molecule has 4 heteroatoms. The van der Waals surface area contributed by atoms with Crippen LogP contribution < -0.4 is 0 Å². The highest BCUT2D eigenvalue weighted by molar-refractivity contribution is 5.40. The molecule has 4 nitrogen and oxygen atoms in total. The summed E-state index contributed by atoms with van der Waals surface area (Å²) in [6.45, 7) is 4.81. The molecule has 0 aliphatic rings. The molecule has 0 spiro atoms. The predicted molar refractivity (Wildman–Crippen MR) is 90.6 cm³/mol. The molecule has 0 aliphatic heterocycles. The molecule has 0 saturated carbocycles. The van der Waals surface area contributed by atoms with Crippen molar-refractivity contribution in [2.24, 2.45) is 0 Å². The van der Waals surface area contributed by atoms with Crippen molar-refractivity contribution >= 4 is 0 Å². The van der Waals surface area contributed by atoms with Crippen molar-refractivity contribution in [3.63, 3.8) is 0 Å². The fraction of sp³-hybridized carbons (Fsp3) is 0.263. The number of hydrogen-bond acceptors (Lipinski definition) is 3. The molecule has 0 atom stereocenters. The van der Waals surface area contributed by atoms with Gasteiger partial charge in [-0.15, -0.1) is 5.10 Å². The minimum Gasteiger partial charge on any atom is -0.508 e. The second kappa shape index (κ2) is 6.65. The lowest BCUT2D eigenvalue weighted by Crippen LogP contribution is -2.00. The average molecular weight is 307 g/mol. The highest BCUT2D eigenvalue weighted by Gasteiger charge is 2.07. The van der Waals surface area contributed by atoms with Gasteiger partial charge in [-0.3, -0.25) is 0 Å². The summed E-state index contributed by atoms with van der Waals surface area (Å²) in [6, 6.07) is 13.9. The number of benzene rings is 2. The zero-order chi connectivity index (χ0) is 16.2. The van der Waals surface area contributed by atoms with Crippen LogP contribution in [-0.2, 0) is 19.4 Å². The Hall–Kier alpha value is -2.62. The third-order valence-electron chi connectivity index (χ3n) is 4.09. The van der Waals surface area contributed by atoms with E-state index in [0.717, 1.165) is 36.2 Å². The van der Waals surface area contributed by atoms with E-state index in [1.165, 1.54) is 11.1 Å². The summed E-state index contributed by atoms with van der Waals surface area (Å²) in [5.41, 5.74) is 5.74. The number of rotatable bonds is 5. The Balaban J connectivity index is 1.66. The van der Waals surface area contributed by atoms with Crippen molar-refractivity contribution in [3.8, 4) is 5.75 Å². The number of aromatic hydroxyl groups is 1. The first-order chi connectivity index (χ1) is 11.1. The van der Waals surface area contributed by atoms with Gasteiger partial charge in [0.25, 0.3) is 0 Å². The van der Waals surface area contributed by atoms with E-state index in [4.69, 9.17) is 0 Å². The first kappa shape index (κ1) is 15.3. The lowest BCUT2D eigenvalue weighted by molar-refractivity contribution is 0.474. The monoisotopic (exact) mass is 307 g/mol. The summed E-state index contributed by atoms with van der Waals surface area (Å²) < 4.78 is 1.88. The average Bonchev–Trinajstić information content (AvgIpc) is 2.94. The third kappa shape index (κ3) is 3.77. The van der Waals surface area contributed by atoms with Crippen molar-refractivity contribution < 1.29 is 5.11 Å². The molecule has 1 N–H and O–H groups in total. The molecule has 0 aliphatic carbocycles. The normalized spacial score (nSPS) is 10.9. The summed E-state index contributed by atoms with van der Waals surface area (Å²) in [5, 5.41) is 18.1. The van der Waals surface area contributed by atoms with Gasteiger partial charge in [-0.1, -0.05) is 35.5 Å². The molecule has 0 bridgehead atoms. The summed E-state index contributed by atoms with van der Waals surface area (Å²) in [6.07, 6.45) is 3.77. The molecular formula is C19H21N3O. The Morgan fingerprint density at radius 2 is 1.70 bits per heavy atom. The van der Waals surface area contributed by atoms with E-state index in [1.807, 2.05) is 55.1 Å². The van der Waals surface area contributed by atoms with E-state index < -0.39 is 0 Å². The Bertz CT molecular complexity index is 770. The molecule has 3 rings (SSSR count). The molecular weight excluding hydrogens is 286 g/mol. The number of hydrogen-bond donors (Lipinski definition) is 1. The zero-order valence-corrected chi connectivity index (χ0v) is 13.5. The van der Waals surface area contributed by atoms with E-state index in [1.54, 1.807) is 0 Å². The number of phenols is 1. The highest BCUT2D eigenvalue weighted by atomic mass is 16.3. The Morgan fingerprint density at radius 1 is 1.00 bits per heavy atom. The van der Waals surface area contributed by atoms with Crippen molar-refractivity contribution in [3.05, 3.63) is 76.6 Å². The van der Waals surface area contributed by atoms with Gasteiger partial charge in [-0.05, 0) is 61.1 Å². The van der Waals surface area contributed by atoms with Crippen LogP contribution >= 0.6 is 0 Å². The molecule has 118 valence electrons. The number of aryl methyl sites for hydroxylation is 3. The van der Waals surface area contributed by atoms with E-state index in [-0.39, 0.29) is 0 Å². The largest absolute Gasteiger partial charge is 0.508 e. The van der Waals surface area contributed by atoms with E-state index >= 15 is 0 Å². The molecule has 2 aromatic carbocycles. The van der Waals surface area contributed by atoms with Gasteiger partial charge in [0.1, 0.15) is 5.75 Å². The maximum atomic E-state index is 9.62. The molecule has 0 saturated heterocycles. The van der Waals surface area contributed by atoms with Crippen LogP contribution in [0.15, 0.2) is 48.7 Å². The SMILES string of the molecule is Cc1cc(O)cc(C)c1CCc1cn(Cc2ccccc2)nn1. The Labute approximate surface area is 136 Å². The third-order valence-corrected chi connectivity index (χ3v) is 4.09. The lowest BCUT2D eigenvalue weighted by atomic mass is 9.97. The summed E-state index contributed by atoms with van der Waals surface area (Å²) in [7, 11) is 0. The van der Waals surface area contributed by atoms with Crippen molar-refractivity contribution in [2.75, 3.05) is 0 Å². The van der Waals surface area contributed by atoms with Crippen LogP contribution in [0.25, 0.3) is 0 Å². The van der Waals surface area contributed by atoms with Gasteiger partial charge in [0.2, 0.25) is 0 Å². The molecule has 0 fully saturated rings. The van der Waals surface area contributed by atoms with Crippen molar-refractivity contribution in [2.45, 2.75) is 33.2 Å². The molecule has 0 amide bonds. The fourth-order valence-corrected chi connectivity index (χ4v) is 2.92. The summed E-state index contributed by atoms with van der Waals surface area (Å²) in [5.74, 6) is 0.331. The van der Waals surface area contributed by atoms with Gasteiger partial charge in [-0.25, -0.2) is 4.68 Å². The quantitative estimate of drug-likeness (QED) is 0.785. The number of nitrogens with zero attached hydrogens (tertiary/aromatic N) is 3. The standard InChI is InChI=1S/C19H21N3O/c1-14-10-18(23)11-15(2)19(14)9-8-17-13-22(21-20-17)12-16-6-4-3-5-7-16/h3-7,10-11,13,23H,8-9,12H2,1-2H3. The van der Waals surface area contributed by atoms with E-state index in [0.29, 0.717) is 5.75 Å². The first-order valence-electron chi connectivity index (χ1n) is 7.84. The Kier molecular flexibility index (Phi) is 4.42. The van der Waals surface area contributed by atoms with Gasteiger partial charge < -0.3 is 5.11 Å². The molecule has 3 aromatic rings. The summed E-state index contributed by atoms with van der Waals surface area (Å²) >= 11 is 0. The van der Waals surface area contributed by atoms with Crippen LogP contribution in [0.2, 0.25) is 0 Å². The van der Waals surface area contributed by atoms with E-state index in [2.05, 4.69) is 22.4 Å². The topological polar surface area (TPSA) is 50.9 Å². The molecule has 1 aromatic heterocycles. The lowest BCUT2D eigenvalue weighted by Gasteiger charge is -2.09. The zero-order valence-electron chi connectivity index (χ0n) is 13.5. The van der Waals surface area contributed by atoms with Gasteiger partial charge >= 0.3 is 0 Å². The minimum absolute atomic E-state index is 0.331. The smallest absolute Gasteiger partial charge is 0.116 e. The maximum Gasteiger partial charge on any atom is 0.116 e. The maximum absolute atomic E-state index is 9.62. The first-order valence-corrected chi connectivity index (χ1v) is 7.84. The van der Waals surface area contributed by atoms with Crippen LogP contribution in [0.1, 0.15) is 27.9 Å². The van der Waals surface area contributed by atoms with Gasteiger partial charge in [0.15, 0.2) is 0 Å². The second-order valence-corrected chi connectivity index (χ2v) is 5.95. The Morgan fingerprint density at radius 3 is 2.39 bits per heavy atom. The van der Waals surface area contributed by atoms with Gasteiger partial charge in [-0.2, -0.15) is 0 Å². The van der Waals surface area contributed by atoms with Crippen LogP contribution in [-0.4, -0.2) is 20.1 Å². The number of aromatic nitrogens is 3. The fourth-order valence-electron chi connectivity index (χ4n) is 2.92. The second-order valence-electron chi connectivity index (χ2n) is 5.95. The van der Waals surface area contributed by atoms with Gasteiger partial charge in [0, 0.05) is 6.20 Å². The molecule has 0 unspecified atom stereocenters. The summed E-state index contributed by atoms with van der Waals surface area (Å²) in [4.78, 5) is 0. The van der Waals surface area contributed by atoms with Crippen LogP contribution in [0, 0.1) is 13.8 Å². The minimum atomic E-state index is 0.331. The molecule has 1 heterocycles. The molecule has 0 radical (unpaired) electrons. The number of phenolic OH excluding ortho intramolecular Hbond substituents is 1. The van der Waals surface area contributed by atoms with Crippen molar-refractivity contribution in [1.82, 2.24) is 15.0 Å². The van der Waals surface area contributed by atoms with E-state index in [9.17, 15) is 5.11 Å². The van der Waals surface area contributed by atoms with Crippen LogP contribution in [0.5, 0.6) is 5.75 Å². The van der Waals surface area contributed by atoms with Crippen LogP contribution in [0.4, 0.5) is 0 Å². The van der Waals surface area contributed by atoms with Crippen LogP contribution in [0.3, 0.4) is 0 Å². The predicted octanol–water partition coefficient (Wildman–Crippen LogP) is 3.43. The van der Waals surface area contributed by atoms with Gasteiger partial charge in [0.05, 0.1) is 12.2 Å². The molecule has 23 heavy (non-hydrogen) atoms. The van der Waals surface area contributed by atoms with Crippen molar-refractivity contribution in [1.29, 1.82) is 0 Å².